The molecule has 2 aromatic rings. The Kier molecular flexibility index (Phi) is 7.67. The summed E-state index contributed by atoms with van der Waals surface area (Å²) in [6.07, 6.45) is 1.45. The zero-order valence-corrected chi connectivity index (χ0v) is 16.9. The highest BCUT2D eigenvalue weighted by atomic mass is 16.5. The molecule has 9 nitrogen and oxygen atoms in total. The number of methoxy groups -OCH3 is 5. The van der Waals surface area contributed by atoms with E-state index < -0.39 is 12.5 Å². The predicted octanol–water partition coefficient (Wildman–Crippen LogP) is 1.99. The Hall–Kier alpha value is -3.46. The fraction of sp³-hybridized carbons (Fsp3) is 0.300. The molecule has 156 valence electrons. The molecule has 2 rings (SSSR count). The van der Waals surface area contributed by atoms with Gasteiger partial charge in [-0.2, -0.15) is 5.10 Å². The molecule has 0 aromatic heterocycles. The quantitative estimate of drug-likeness (QED) is 0.486. The van der Waals surface area contributed by atoms with Gasteiger partial charge in [0.25, 0.3) is 5.91 Å². The van der Waals surface area contributed by atoms with Crippen LogP contribution < -0.4 is 29.1 Å². The van der Waals surface area contributed by atoms with Crippen LogP contribution in [0.25, 0.3) is 0 Å². The van der Waals surface area contributed by atoms with E-state index in [-0.39, 0.29) is 28.4 Å². The number of ether oxygens (including phenoxy) is 5. The molecule has 0 bridgehead atoms. The normalized spacial score (nSPS) is 10.6. The second kappa shape index (κ2) is 10.2. The van der Waals surface area contributed by atoms with E-state index in [0.717, 1.165) is 0 Å². The van der Waals surface area contributed by atoms with Crippen molar-refractivity contribution in [1.29, 1.82) is 0 Å². The molecule has 0 aliphatic carbocycles. The van der Waals surface area contributed by atoms with Crippen molar-refractivity contribution in [3.05, 3.63) is 41.0 Å². The Morgan fingerprint density at radius 3 is 2.14 bits per heavy atom. The molecule has 0 heterocycles. The lowest BCUT2D eigenvalue weighted by Crippen LogP contribution is -2.20. The summed E-state index contributed by atoms with van der Waals surface area (Å²) in [5.74, 6) is 1.35. The van der Waals surface area contributed by atoms with E-state index in [1.807, 2.05) is 0 Å². The van der Waals surface area contributed by atoms with Crippen LogP contribution in [-0.2, 0) is 6.61 Å². The fourth-order valence-electron chi connectivity index (χ4n) is 2.73. The number of hydrogen-bond acceptors (Lipinski definition) is 8. The Morgan fingerprint density at radius 1 is 0.931 bits per heavy atom. The van der Waals surface area contributed by atoms with Crippen molar-refractivity contribution in [2.75, 3.05) is 35.5 Å². The fourth-order valence-corrected chi connectivity index (χ4v) is 2.73. The molecule has 0 atom stereocenters. The van der Waals surface area contributed by atoms with Crippen molar-refractivity contribution in [2.24, 2.45) is 5.10 Å². The molecule has 0 radical (unpaired) electrons. The standard InChI is InChI=1S/C20H24N2O7/c1-25-15-7-6-12(8-16(15)26-2)10-21-22-20(24)13-9-17(27-3)19(29-5)18(28-4)14(13)11-23/h6-10,23H,11H2,1-5H3,(H,22,24)/b21-10-. The van der Waals surface area contributed by atoms with Crippen molar-refractivity contribution in [2.45, 2.75) is 6.61 Å². The number of hydrazone groups is 1. The van der Waals surface area contributed by atoms with Gasteiger partial charge in [0.15, 0.2) is 23.0 Å². The molecule has 1 amide bonds. The second-order valence-corrected chi connectivity index (χ2v) is 5.64. The molecule has 29 heavy (non-hydrogen) atoms. The number of aliphatic hydroxyl groups excluding tert-OH is 1. The van der Waals surface area contributed by atoms with Crippen LogP contribution >= 0.6 is 0 Å². The zero-order chi connectivity index (χ0) is 21.4. The average Bonchev–Trinajstić information content (AvgIpc) is 2.76. The number of aliphatic hydroxyl groups is 1. The largest absolute Gasteiger partial charge is 0.493 e. The Labute approximate surface area is 168 Å². The summed E-state index contributed by atoms with van der Waals surface area (Å²) in [4.78, 5) is 12.6. The summed E-state index contributed by atoms with van der Waals surface area (Å²) >= 11 is 0. The lowest BCUT2D eigenvalue weighted by atomic mass is 10.0. The van der Waals surface area contributed by atoms with Gasteiger partial charge in [-0.25, -0.2) is 5.43 Å². The number of rotatable bonds is 9. The summed E-state index contributed by atoms with van der Waals surface area (Å²) in [5, 5.41) is 13.7. The molecule has 0 saturated heterocycles. The monoisotopic (exact) mass is 404 g/mol. The first-order valence-electron chi connectivity index (χ1n) is 8.52. The molecule has 0 fully saturated rings. The lowest BCUT2D eigenvalue weighted by molar-refractivity contribution is 0.0950. The van der Waals surface area contributed by atoms with Crippen LogP contribution in [0.2, 0.25) is 0 Å². The van der Waals surface area contributed by atoms with Gasteiger partial charge in [0, 0.05) is 5.56 Å². The van der Waals surface area contributed by atoms with Crippen molar-refractivity contribution in [3.63, 3.8) is 0 Å². The molecule has 0 aliphatic heterocycles. The lowest BCUT2D eigenvalue weighted by Gasteiger charge is -2.17. The summed E-state index contributed by atoms with van der Waals surface area (Å²) in [6, 6.07) is 6.65. The first-order chi connectivity index (χ1) is 14.0. The van der Waals surface area contributed by atoms with Gasteiger partial charge in [0.05, 0.1) is 53.9 Å². The highest BCUT2D eigenvalue weighted by molar-refractivity contribution is 5.98. The number of amides is 1. The third-order valence-corrected chi connectivity index (χ3v) is 4.12. The van der Waals surface area contributed by atoms with Crippen LogP contribution in [0.15, 0.2) is 29.4 Å². The zero-order valence-electron chi connectivity index (χ0n) is 16.9. The van der Waals surface area contributed by atoms with Gasteiger partial charge in [-0.15, -0.1) is 0 Å². The molecule has 9 heteroatoms. The maximum absolute atomic E-state index is 12.6. The Bertz CT molecular complexity index is 897. The number of carbonyl (C=O) groups is 1. The van der Waals surface area contributed by atoms with Crippen molar-refractivity contribution >= 4 is 12.1 Å². The number of benzene rings is 2. The van der Waals surface area contributed by atoms with E-state index in [0.29, 0.717) is 17.1 Å². The minimum Gasteiger partial charge on any atom is -0.493 e. The van der Waals surface area contributed by atoms with E-state index in [4.69, 9.17) is 23.7 Å². The smallest absolute Gasteiger partial charge is 0.272 e. The maximum atomic E-state index is 12.6. The number of nitrogens with zero attached hydrogens (tertiary/aromatic N) is 1. The second-order valence-electron chi connectivity index (χ2n) is 5.64. The van der Waals surface area contributed by atoms with Gasteiger partial charge in [-0.3, -0.25) is 4.79 Å². The molecule has 0 aliphatic rings. The highest BCUT2D eigenvalue weighted by Gasteiger charge is 2.23. The molecule has 2 N–H and O–H groups in total. The average molecular weight is 404 g/mol. The molecule has 0 unspecified atom stereocenters. The highest BCUT2D eigenvalue weighted by Crippen LogP contribution is 2.42. The summed E-state index contributed by atoms with van der Waals surface area (Å²) in [7, 11) is 7.36. The van der Waals surface area contributed by atoms with Crippen LogP contribution in [0, 0.1) is 0 Å². The Balaban J connectivity index is 2.30. The molecular formula is C20H24N2O7. The van der Waals surface area contributed by atoms with Crippen LogP contribution in [0.5, 0.6) is 28.7 Å². The molecular weight excluding hydrogens is 380 g/mol. The van der Waals surface area contributed by atoms with Crippen LogP contribution in [0.3, 0.4) is 0 Å². The van der Waals surface area contributed by atoms with E-state index in [1.54, 1.807) is 25.3 Å². The van der Waals surface area contributed by atoms with E-state index in [1.165, 1.54) is 40.7 Å². The van der Waals surface area contributed by atoms with Gasteiger partial charge in [-0.05, 0) is 29.8 Å². The van der Waals surface area contributed by atoms with Crippen molar-refractivity contribution in [1.82, 2.24) is 5.43 Å². The van der Waals surface area contributed by atoms with Gasteiger partial charge in [0.2, 0.25) is 5.75 Å². The van der Waals surface area contributed by atoms with E-state index in [2.05, 4.69) is 10.5 Å². The number of carbonyl (C=O) groups excluding carboxylic acids is 1. The predicted molar refractivity (Wildman–Crippen MR) is 107 cm³/mol. The summed E-state index contributed by atoms with van der Waals surface area (Å²) < 4.78 is 26.3. The summed E-state index contributed by atoms with van der Waals surface area (Å²) in [5.41, 5.74) is 3.51. The van der Waals surface area contributed by atoms with Crippen LogP contribution in [0.1, 0.15) is 21.5 Å². The third kappa shape index (κ3) is 4.69. The van der Waals surface area contributed by atoms with Gasteiger partial charge >= 0.3 is 0 Å². The van der Waals surface area contributed by atoms with E-state index >= 15 is 0 Å². The maximum Gasteiger partial charge on any atom is 0.272 e. The van der Waals surface area contributed by atoms with Crippen molar-refractivity contribution in [3.8, 4) is 28.7 Å². The minimum absolute atomic E-state index is 0.145. The van der Waals surface area contributed by atoms with Crippen LogP contribution in [0.4, 0.5) is 0 Å². The topological polar surface area (TPSA) is 108 Å². The van der Waals surface area contributed by atoms with Crippen LogP contribution in [-0.4, -0.2) is 52.8 Å². The van der Waals surface area contributed by atoms with Gasteiger partial charge < -0.3 is 28.8 Å². The van der Waals surface area contributed by atoms with Crippen molar-refractivity contribution < 1.29 is 33.6 Å². The first-order valence-corrected chi connectivity index (χ1v) is 8.52. The number of hydrogen-bond donors (Lipinski definition) is 2. The minimum atomic E-state index is -0.551. The molecule has 0 spiro atoms. The SMILES string of the molecule is COc1ccc(/C=N\NC(=O)c2cc(OC)c(OC)c(OC)c2CO)cc1OC. The third-order valence-electron chi connectivity index (χ3n) is 4.12. The van der Waals surface area contributed by atoms with Gasteiger partial charge in [-0.1, -0.05) is 0 Å². The Morgan fingerprint density at radius 2 is 1.59 bits per heavy atom. The molecule has 0 saturated carbocycles. The summed E-state index contributed by atoms with van der Waals surface area (Å²) in [6.45, 7) is -0.439. The first kappa shape index (κ1) is 21.8. The molecule has 2 aromatic carbocycles. The van der Waals surface area contributed by atoms with E-state index in [9.17, 15) is 9.90 Å². The van der Waals surface area contributed by atoms with Gasteiger partial charge in [0.1, 0.15) is 0 Å². The number of nitrogens with one attached hydrogen (secondary N) is 1.